The fourth-order valence-electron chi connectivity index (χ4n) is 0.938. The molecule has 0 fully saturated rings. The Hall–Kier alpha value is -0.810. The van der Waals surface area contributed by atoms with Crippen LogP contribution in [-0.4, -0.2) is 29.9 Å². The van der Waals surface area contributed by atoms with E-state index in [4.69, 9.17) is 4.74 Å². The number of carbonyl (C=O) groups excluding carboxylic acids is 2. The third-order valence-electron chi connectivity index (χ3n) is 1.55. The number of ether oxygens (including phenoxy) is 1. The van der Waals surface area contributed by atoms with E-state index in [2.05, 4.69) is 0 Å². The van der Waals surface area contributed by atoms with E-state index in [9.17, 15) is 9.59 Å². The van der Waals surface area contributed by atoms with E-state index in [1.165, 1.54) is 23.1 Å². The predicted molar refractivity (Wildman–Crippen MR) is 62.6 cm³/mol. The molecule has 15 heavy (non-hydrogen) atoms. The Morgan fingerprint density at radius 1 is 1.47 bits per heavy atom. The standard InChI is InChI=1S/C10H12O3S2/c1-2-13-10(12)7-14-6-8(11)9-4-3-5-15-9/h3-5H,2,6-7H2,1H3. The average Bonchev–Trinajstić information content (AvgIpc) is 2.70. The van der Waals surface area contributed by atoms with E-state index in [0.29, 0.717) is 12.4 Å². The molecular weight excluding hydrogens is 232 g/mol. The molecule has 5 heteroatoms. The molecule has 1 aromatic heterocycles. The molecule has 3 nitrogen and oxygen atoms in total. The van der Waals surface area contributed by atoms with Gasteiger partial charge in [-0.2, -0.15) is 0 Å². The molecule has 0 aliphatic carbocycles. The number of carbonyl (C=O) groups is 2. The summed E-state index contributed by atoms with van der Waals surface area (Å²) in [6.07, 6.45) is 0. The molecule has 0 bridgehead atoms. The highest BCUT2D eigenvalue weighted by Crippen LogP contribution is 2.12. The predicted octanol–water partition coefficient (Wildman–Crippen LogP) is 2.23. The minimum absolute atomic E-state index is 0.0688. The summed E-state index contributed by atoms with van der Waals surface area (Å²) in [6.45, 7) is 2.15. The molecular formula is C10H12O3S2. The van der Waals surface area contributed by atoms with Gasteiger partial charge < -0.3 is 4.74 Å². The molecule has 1 heterocycles. The summed E-state index contributed by atoms with van der Waals surface area (Å²) in [6, 6.07) is 3.63. The van der Waals surface area contributed by atoms with Crippen molar-refractivity contribution in [3.05, 3.63) is 22.4 Å². The van der Waals surface area contributed by atoms with Crippen molar-refractivity contribution < 1.29 is 14.3 Å². The fraction of sp³-hybridized carbons (Fsp3) is 0.400. The second-order valence-electron chi connectivity index (χ2n) is 2.70. The van der Waals surface area contributed by atoms with Crippen LogP contribution >= 0.6 is 23.1 Å². The normalized spacial score (nSPS) is 9.93. The van der Waals surface area contributed by atoms with Gasteiger partial charge in [0.15, 0.2) is 5.78 Å². The van der Waals surface area contributed by atoms with Crippen molar-refractivity contribution in [3.63, 3.8) is 0 Å². The zero-order valence-electron chi connectivity index (χ0n) is 8.39. The number of ketones is 1. The van der Waals surface area contributed by atoms with Crippen LogP contribution in [0.25, 0.3) is 0 Å². The fourth-order valence-corrected chi connectivity index (χ4v) is 2.39. The number of Topliss-reactive ketones (excluding diaryl/α,β-unsaturated/α-hetero) is 1. The van der Waals surface area contributed by atoms with Crippen molar-refractivity contribution in [1.82, 2.24) is 0 Å². The molecule has 0 aromatic carbocycles. The maximum atomic E-state index is 11.5. The zero-order valence-corrected chi connectivity index (χ0v) is 10.0. The van der Waals surface area contributed by atoms with Gasteiger partial charge in [0.1, 0.15) is 0 Å². The Balaban J connectivity index is 2.21. The molecule has 1 rings (SSSR count). The van der Waals surface area contributed by atoms with Gasteiger partial charge in [-0.25, -0.2) is 0 Å². The first-order chi connectivity index (χ1) is 7.24. The van der Waals surface area contributed by atoms with Crippen molar-refractivity contribution in [3.8, 4) is 0 Å². The largest absolute Gasteiger partial charge is 0.465 e. The zero-order chi connectivity index (χ0) is 11.1. The summed E-state index contributed by atoms with van der Waals surface area (Å²) >= 11 is 2.71. The summed E-state index contributed by atoms with van der Waals surface area (Å²) in [7, 11) is 0. The number of rotatable bonds is 6. The number of hydrogen-bond donors (Lipinski definition) is 0. The highest BCUT2D eigenvalue weighted by atomic mass is 32.2. The molecule has 82 valence electrons. The third-order valence-corrected chi connectivity index (χ3v) is 3.37. The average molecular weight is 244 g/mol. The minimum atomic E-state index is -0.263. The highest BCUT2D eigenvalue weighted by Gasteiger charge is 2.08. The number of thioether (sulfide) groups is 1. The smallest absolute Gasteiger partial charge is 0.315 e. The summed E-state index contributed by atoms with van der Waals surface area (Å²) in [5, 5.41) is 1.86. The van der Waals surface area contributed by atoms with E-state index in [0.717, 1.165) is 4.88 Å². The van der Waals surface area contributed by atoms with E-state index in [1.807, 2.05) is 11.4 Å². The molecule has 0 saturated carbocycles. The quantitative estimate of drug-likeness (QED) is 0.568. The second-order valence-corrected chi connectivity index (χ2v) is 4.63. The second kappa shape index (κ2) is 6.63. The summed E-state index contributed by atoms with van der Waals surface area (Å²) in [4.78, 5) is 23.2. The van der Waals surface area contributed by atoms with Crippen molar-refractivity contribution in [1.29, 1.82) is 0 Å². The molecule has 0 aliphatic heterocycles. The molecule has 0 spiro atoms. The minimum Gasteiger partial charge on any atom is -0.465 e. The van der Waals surface area contributed by atoms with Gasteiger partial charge in [-0.1, -0.05) is 6.07 Å². The summed E-state index contributed by atoms with van der Waals surface area (Å²) in [5.41, 5.74) is 0. The Labute approximate surface area is 96.8 Å². The Morgan fingerprint density at radius 3 is 2.87 bits per heavy atom. The van der Waals surface area contributed by atoms with Crippen LogP contribution < -0.4 is 0 Å². The molecule has 1 aromatic rings. The molecule has 0 saturated heterocycles. The molecule has 0 unspecified atom stereocenters. The number of hydrogen-bond acceptors (Lipinski definition) is 5. The maximum absolute atomic E-state index is 11.5. The first-order valence-electron chi connectivity index (χ1n) is 4.54. The lowest BCUT2D eigenvalue weighted by atomic mass is 10.4. The molecule has 0 N–H and O–H groups in total. The van der Waals surface area contributed by atoms with Crippen LogP contribution in [0.15, 0.2) is 17.5 Å². The topological polar surface area (TPSA) is 43.4 Å². The summed E-state index contributed by atoms with van der Waals surface area (Å²) < 4.78 is 4.75. The van der Waals surface area contributed by atoms with E-state index >= 15 is 0 Å². The lowest BCUT2D eigenvalue weighted by Crippen LogP contribution is -2.09. The van der Waals surface area contributed by atoms with Gasteiger partial charge in [-0.3, -0.25) is 9.59 Å². The monoisotopic (exact) mass is 244 g/mol. The van der Waals surface area contributed by atoms with Crippen molar-refractivity contribution in [2.75, 3.05) is 18.1 Å². The van der Waals surface area contributed by atoms with Gasteiger partial charge in [0.05, 0.1) is 23.0 Å². The third kappa shape index (κ3) is 4.48. The highest BCUT2D eigenvalue weighted by molar-refractivity contribution is 8.00. The number of thiophene rings is 1. The van der Waals surface area contributed by atoms with E-state index in [-0.39, 0.29) is 17.5 Å². The van der Waals surface area contributed by atoms with Crippen molar-refractivity contribution in [2.45, 2.75) is 6.92 Å². The first-order valence-corrected chi connectivity index (χ1v) is 6.57. The molecule has 0 amide bonds. The van der Waals surface area contributed by atoms with Gasteiger partial charge >= 0.3 is 5.97 Å². The maximum Gasteiger partial charge on any atom is 0.315 e. The summed E-state index contributed by atoms with van der Waals surface area (Å²) in [5.74, 6) is 0.380. The van der Waals surface area contributed by atoms with E-state index < -0.39 is 0 Å². The first kappa shape index (κ1) is 12.3. The van der Waals surface area contributed by atoms with Crippen molar-refractivity contribution >= 4 is 34.9 Å². The lowest BCUT2D eigenvalue weighted by Gasteiger charge is -2.00. The van der Waals surface area contributed by atoms with Gasteiger partial charge in [-0.15, -0.1) is 23.1 Å². The van der Waals surface area contributed by atoms with Gasteiger partial charge in [0, 0.05) is 0 Å². The Bertz CT molecular complexity index is 319. The SMILES string of the molecule is CCOC(=O)CSCC(=O)c1cccs1. The Morgan fingerprint density at radius 2 is 2.27 bits per heavy atom. The van der Waals surface area contributed by atoms with Crippen LogP contribution in [0.5, 0.6) is 0 Å². The van der Waals surface area contributed by atoms with Gasteiger partial charge in [0.2, 0.25) is 0 Å². The van der Waals surface area contributed by atoms with Crippen LogP contribution in [-0.2, 0) is 9.53 Å². The van der Waals surface area contributed by atoms with E-state index in [1.54, 1.807) is 13.0 Å². The van der Waals surface area contributed by atoms with Crippen LogP contribution in [0.1, 0.15) is 16.6 Å². The van der Waals surface area contributed by atoms with Gasteiger partial charge in [-0.05, 0) is 18.4 Å². The molecule has 0 atom stereocenters. The van der Waals surface area contributed by atoms with Crippen LogP contribution in [0.2, 0.25) is 0 Å². The van der Waals surface area contributed by atoms with Gasteiger partial charge in [0.25, 0.3) is 0 Å². The molecule has 0 radical (unpaired) electrons. The Kier molecular flexibility index (Phi) is 5.42. The molecule has 0 aliphatic rings. The van der Waals surface area contributed by atoms with Crippen LogP contribution in [0.4, 0.5) is 0 Å². The van der Waals surface area contributed by atoms with Crippen LogP contribution in [0, 0.1) is 0 Å². The van der Waals surface area contributed by atoms with Crippen LogP contribution in [0.3, 0.4) is 0 Å². The van der Waals surface area contributed by atoms with Crippen molar-refractivity contribution in [2.24, 2.45) is 0 Å². The lowest BCUT2D eigenvalue weighted by molar-refractivity contribution is -0.139. The number of esters is 1.